The van der Waals surface area contributed by atoms with E-state index in [1.54, 1.807) is 0 Å². The minimum atomic E-state index is 0.396. The van der Waals surface area contributed by atoms with Gasteiger partial charge in [-0.05, 0) is 61.6 Å². The van der Waals surface area contributed by atoms with E-state index in [4.69, 9.17) is 11.6 Å². The van der Waals surface area contributed by atoms with Crippen LogP contribution in [0.2, 0.25) is 5.02 Å². The molecule has 0 aromatic heterocycles. The summed E-state index contributed by atoms with van der Waals surface area (Å²) in [6.07, 6.45) is 9.91. The second kappa shape index (κ2) is 4.23. The second-order valence-corrected chi connectivity index (χ2v) is 7.59. The van der Waals surface area contributed by atoms with Crippen molar-refractivity contribution >= 4 is 11.6 Å². The fourth-order valence-corrected chi connectivity index (χ4v) is 4.40. The van der Waals surface area contributed by atoms with Gasteiger partial charge in [-0.3, -0.25) is 0 Å². The first-order valence-electron chi connectivity index (χ1n) is 7.69. The molecule has 1 nitrogen and oxygen atoms in total. The molecule has 3 fully saturated rings. The molecule has 0 aliphatic heterocycles. The summed E-state index contributed by atoms with van der Waals surface area (Å²) in [7, 11) is 0. The van der Waals surface area contributed by atoms with E-state index in [1.165, 1.54) is 57.1 Å². The summed E-state index contributed by atoms with van der Waals surface area (Å²) in [4.78, 5) is 0. The largest absolute Gasteiger partial charge is 0.313 e. The van der Waals surface area contributed by atoms with Gasteiger partial charge in [-0.25, -0.2) is 0 Å². The highest BCUT2D eigenvalue weighted by molar-refractivity contribution is 6.30. The van der Waals surface area contributed by atoms with E-state index in [2.05, 4.69) is 29.6 Å². The lowest BCUT2D eigenvalue weighted by Gasteiger charge is -2.62. The summed E-state index contributed by atoms with van der Waals surface area (Å²) < 4.78 is 0. The van der Waals surface area contributed by atoms with Crippen molar-refractivity contribution in [3.8, 4) is 0 Å². The summed E-state index contributed by atoms with van der Waals surface area (Å²) in [5, 5.41) is 4.62. The van der Waals surface area contributed by atoms with Crippen molar-refractivity contribution in [3.63, 3.8) is 0 Å². The van der Waals surface area contributed by atoms with Gasteiger partial charge in [0.15, 0.2) is 0 Å². The molecule has 19 heavy (non-hydrogen) atoms. The van der Waals surface area contributed by atoms with Crippen molar-refractivity contribution in [1.29, 1.82) is 0 Å². The summed E-state index contributed by atoms with van der Waals surface area (Å²) in [6.45, 7) is 1.17. The van der Waals surface area contributed by atoms with Gasteiger partial charge in [0, 0.05) is 23.0 Å². The van der Waals surface area contributed by atoms with Crippen LogP contribution < -0.4 is 5.32 Å². The highest BCUT2D eigenvalue weighted by atomic mass is 35.5. The Labute approximate surface area is 120 Å². The molecule has 2 heteroatoms. The third-order valence-electron chi connectivity index (χ3n) is 5.60. The Balaban J connectivity index is 1.54. The molecule has 0 bridgehead atoms. The average Bonchev–Trinajstić information content (AvgIpc) is 3.11. The Morgan fingerprint density at radius 1 is 1.11 bits per heavy atom. The van der Waals surface area contributed by atoms with Gasteiger partial charge in [-0.2, -0.15) is 0 Å². The number of hydrogen-bond donors (Lipinski definition) is 1. The molecule has 3 saturated carbocycles. The van der Waals surface area contributed by atoms with E-state index in [0.717, 1.165) is 11.1 Å². The van der Waals surface area contributed by atoms with Crippen LogP contribution in [0.4, 0.5) is 0 Å². The maximum Gasteiger partial charge on any atom is 0.0406 e. The highest BCUT2D eigenvalue weighted by Gasteiger charge is 2.57. The molecule has 3 aliphatic carbocycles. The van der Waals surface area contributed by atoms with Crippen molar-refractivity contribution in [2.75, 3.05) is 6.54 Å². The lowest BCUT2D eigenvalue weighted by atomic mass is 9.43. The number of benzene rings is 1. The van der Waals surface area contributed by atoms with Gasteiger partial charge in [-0.1, -0.05) is 30.2 Å². The first-order chi connectivity index (χ1) is 9.20. The van der Waals surface area contributed by atoms with Crippen LogP contribution in [0.1, 0.15) is 50.5 Å². The molecule has 1 N–H and O–H groups in total. The summed E-state index contributed by atoms with van der Waals surface area (Å²) in [6, 6.07) is 9.43. The third kappa shape index (κ3) is 2.11. The van der Waals surface area contributed by atoms with E-state index < -0.39 is 0 Å². The minimum Gasteiger partial charge on any atom is -0.313 e. The molecular formula is C17H22ClN. The molecular weight excluding hydrogens is 254 g/mol. The molecule has 0 atom stereocenters. The molecule has 1 aromatic rings. The van der Waals surface area contributed by atoms with Crippen molar-refractivity contribution in [3.05, 3.63) is 34.9 Å². The van der Waals surface area contributed by atoms with Gasteiger partial charge in [0.05, 0.1) is 0 Å². The number of hydrogen-bond acceptors (Lipinski definition) is 1. The molecule has 102 valence electrons. The third-order valence-corrected chi connectivity index (χ3v) is 5.86. The highest BCUT2D eigenvalue weighted by Crippen LogP contribution is 2.64. The SMILES string of the molecule is Clc1ccc(C2(CNC3CC3)CC3(CCC3)C2)cc1. The van der Waals surface area contributed by atoms with E-state index >= 15 is 0 Å². The van der Waals surface area contributed by atoms with Crippen LogP contribution in [0.3, 0.4) is 0 Å². The Morgan fingerprint density at radius 2 is 1.79 bits per heavy atom. The minimum absolute atomic E-state index is 0.396. The zero-order valence-corrected chi connectivity index (χ0v) is 12.2. The molecule has 1 aromatic carbocycles. The van der Waals surface area contributed by atoms with Gasteiger partial charge >= 0.3 is 0 Å². The smallest absolute Gasteiger partial charge is 0.0406 e. The lowest BCUT2D eigenvalue weighted by Crippen LogP contribution is -2.57. The number of nitrogens with one attached hydrogen (secondary N) is 1. The molecule has 0 radical (unpaired) electrons. The van der Waals surface area contributed by atoms with E-state index in [9.17, 15) is 0 Å². The first-order valence-corrected chi connectivity index (χ1v) is 8.07. The van der Waals surface area contributed by atoms with Crippen LogP contribution in [0.5, 0.6) is 0 Å². The molecule has 0 heterocycles. The van der Waals surface area contributed by atoms with Gasteiger partial charge < -0.3 is 5.32 Å². The van der Waals surface area contributed by atoms with Crippen molar-refractivity contribution in [2.45, 2.75) is 56.4 Å². The van der Waals surface area contributed by atoms with Crippen LogP contribution in [0.25, 0.3) is 0 Å². The summed E-state index contributed by atoms with van der Waals surface area (Å²) in [5.74, 6) is 0. The molecule has 4 rings (SSSR count). The maximum atomic E-state index is 6.04. The molecule has 0 unspecified atom stereocenters. The zero-order valence-electron chi connectivity index (χ0n) is 11.4. The van der Waals surface area contributed by atoms with Crippen LogP contribution >= 0.6 is 11.6 Å². The average molecular weight is 276 g/mol. The molecule has 3 aliphatic rings. The second-order valence-electron chi connectivity index (χ2n) is 7.15. The topological polar surface area (TPSA) is 12.0 Å². The van der Waals surface area contributed by atoms with Gasteiger partial charge in [0.1, 0.15) is 0 Å². The fraction of sp³-hybridized carbons (Fsp3) is 0.647. The number of rotatable bonds is 4. The maximum absolute atomic E-state index is 6.04. The van der Waals surface area contributed by atoms with E-state index in [-0.39, 0.29) is 0 Å². The predicted molar refractivity (Wildman–Crippen MR) is 79.7 cm³/mol. The molecule has 0 amide bonds. The quantitative estimate of drug-likeness (QED) is 0.864. The summed E-state index contributed by atoms with van der Waals surface area (Å²) in [5.41, 5.74) is 2.61. The van der Waals surface area contributed by atoms with Crippen LogP contribution in [0.15, 0.2) is 24.3 Å². The Bertz CT molecular complexity index is 463. The first kappa shape index (κ1) is 12.2. The monoisotopic (exact) mass is 275 g/mol. The van der Waals surface area contributed by atoms with Gasteiger partial charge in [0.25, 0.3) is 0 Å². The van der Waals surface area contributed by atoms with Gasteiger partial charge in [-0.15, -0.1) is 0 Å². The normalized spacial score (nSPS) is 26.8. The Kier molecular flexibility index (Phi) is 2.72. The van der Waals surface area contributed by atoms with Crippen molar-refractivity contribution in [1.82, 2.24) is 5.32 Å². The fourth-order valence-electron chi connectivity index (χ4n) is 4.28. The van der Waals surface area contributed by atoms with Gasteiger partial charge in [0.2, 0.25) is 0 Å². The molecule has 0 saturated heterocycles. The Morgan fingerprint density at radius 3 is 2.32 bits per heavy atom. The zero-order chi connectivity index (χ0) is 12.9. The van der Waals surface area contributed by atoms with Crippen molar-refractivity contribution in [2.24, 2.45) is 5.41 Å². The van der Waals surface area contributed by atoms with Crippen LogP contribution in [-0.4, -0.2) is 12.6 Å². The van der Waals surface area contributed by atoms with E-state index in [0.29, 0.717) is 10.8 Å². The van der Waals surface area contributed by atoms with Crippen LogP contribution in [0, 0.1) is 5.41 Å². The predicted octanol–water partition coefficient (Wildman–Crippen LogP) is 4.29. The standard InChI is InChI=1S/C17H22ClN/c18-14-4-2-13(3-5-14)17(12-19-15-6-7-15)10-16(11-17)8-1-9-16/h2-5,15,19H,1,6-12H2. The van der Waals surface area contributed by atoms with Crippen LogP contribution in [-0.2, 0) is 5.41 Å². The van der Waals surface area contributed by atoms with Crippen molar-refractivity contribution < 1.29 is 0 Å². The number of halogens is 1. The Hall–Kier alpha value is -0.530. The lowest BCUT2D eigenvalue weighted by molar-refractivity contribution is -0.0484. The summed E-state index contributed by atoms with van der Waals surface area (Å²) >= 11 is 6.04. The van der Waals surface area contributed by atoms with E-state index in [1.807, 2.05) is 0 Å². The molecule has 1 spiro atoms.